The Balaban J connectivity index is 2.35. The molecule has 0 radical (unpaired) electrons. The van der Waals surface area contributed by atoms with E-state index < -0.39 is 0 Å². The van der Waals surface area contributed by atoms with Gasteiger partial charge in [0, 0.05) is 12.2 Å². The molecular formula is C10H14N2O2. The van der Waals surface area contributed by atoms with Crippen LogP contribution in [0.2, 0.25) is 0 Å². The maximum atomic E-state index is 10.8. The van der Waals surface area contributed by atoms with Gasteiger partial charge in [-0.1, -0.05) is 6.07 Å². The van der Waals surface area contributed by atoms with Gasteiger partial charge >= 0.3 is 5.97 Å². The molecule has 0 aromatic carbocycles. The Morgan fingerprint density at radius 2 is 2.36 bits per heavy atom. The van der Waals surface area contributed by atoms with Crippen molar-refractivity contribution in [2.24, 2.45) is 0 Å². The van der Waals surface area contributed by atoms with Crippen LogP contribution in [-0.2, 0) is 9.53 Å². The molecule has 0 aliphatic heterocycles. The standard InChI is InChI=1S/C10H14N2O2/c1-8-4-3-5-9(12-8)11-7-6-10(13)14-2/h3-5H,6-7H2,1-2H3,(H,11,12). The second-order valence-electron chi connectivity index (χ2n) is 2.92. The number of rotatable bonds is 4. The lowest BCUT2D eigenvalue weighted by Gasteiger charge is -2.04. The summed E-state index contributed by atoms with van der Waals surface area (Å²) < 4.78 is 4.51. The van der Waals surface area contributed by atoms with Crippen molar-refractivity contribution in [3.63, 3.8) is 0 Å². The Labute approximate surface area is 83.3 Å². The molecule has 0 spiro atoms. The number of hydrogen-bond donors (Lipinski definition) is 1. The first-order valence-corrected chi connectivity index (χ1v) is 4.46. The van der Waals surface area contributed by atoms with Gasteiger partial charge in [-0.2, -0.15) is 0 Å². The Morgan fingerprint density at radius 3 is 3.00 bits per heavy atom. The second kappa shape index (κ2) is 5.21. The fourth-order valence-electron chi connectivity index (χ4n) is 1.04. The number of carbonyl (C=O) groups excluding carboxylic acids is 1. The summed E-state index contributed by atoms with van der Waals surface area (Å²) in [5, 5.41) is 3.04. The predicted octanol–water partition coefficient (Wildman–Crippen LogP) is 1.37. The highest BCUT2D eigenvalue weighted by Crippen LogP contribution is 2.03. The first kappa shape index (κ1) is 10.5. The van der Waals surface area contributed by atoms with Crippen LogP contribution in [0.15, 0.2) is 18.2 Å². The third kappa shape index (κ3) is 3.43. The summed E-state index contributed by atoms with van der Waals surface area (Å²) >= 11 is 0. The molecule has 1 aromatic heterocycles. The molecule has 0 aliphatic rings. The van der Waals surface area contributed by atoms with E-state index in [4.69, 9.17) is 0 Å². The van der Waals surface area contributed by atoms with E-state index in [9.17, 15) is 4.79 Å². The molecule has 4 nitrogen and oxygen atoms in total. The molecule has 0 amide bonds. The number of carbonyl (C=O) groups is 1. The van der Waals surface area contributed by atoms with E-state index in [-0.39, 0.29) is 5.97 Å². The average Bonchev–Trinajstić information content (AvgIpc) is 2.17. The molecule has 0 atom stereocenters. The van der Waals surface area contributed by atoms with Crippen LogP contribution in [0, 0.1) is 6.92 Å². The minimum absolute atomic E-state index is 0.217. The number of ether oxygens (including phenoxy) is 1. The Bertz CT molecular complexity index is 313. The van der Waals surface area contributed by atoms with E-state index in [0.29, 0.717) is 13.0 Å². The number of aromatic nitrogens is 1. The minimum Gasteiger partial charge on any atom is -0.469 e. The summed E-state index contributed by atoms with van der Waals surface area (Å²) in [6.07, 6.45) is 0.353. The molecule has 4 heteroatoms. The average molecular weight is 194 g/mol. The molecule has 0 saturated heterocycles. The molecule has 14 heavy (non-hydrogen) atoms. The monoisotopic (exact) mass is 194 g/mol. The van der Waals surface area contributed by atoms with Gasteiger partial charge in [-0.3, -0.25) is 4.79 Å². The number of nitrogens with one attached hydrogen (secondary N) is 1. The van der Waals surface area contributed by atoms with Crippen molar-refractivity contribution >= 4 is 11.8 Å². The van der Waals surface area contributed by atoms with Crippen molar-refractivity contribution < 1.29 is 9.53 Å². The number of aryl methyl sites for hydroxylation is 1. The highest BCUT2D eigenvalue weighted by atomic mass is 16.5. The van der Waals surface area contributed by atoms with E-state index in [1.165, 1.54) is 7.11 Å². The summed E-state index contributed by atoms with van der Waals surface area (Å²) in [6.45, 7) is 2.47. The van der Waals surface area contributed by atoms with E-state index >= 15 is 0 Å². The van der Waals surface area contributed by atoms with Gasteiger partial charge in [0.15, 0.2) is 0 Å². The van der Waals surface area contributed by atoms with Gasteiger partial charge in [0.2, 0.25) is 0 Å². The topological polar surface area (TPSA) is 51.2 Å². The fraction of sp³-hybridized carbons (Fsp3) is 0.400. The lowest BCUT2D eigenvalue weighted by molar-refractivity contribution is -0.140. The minimum atomic E-state index is -0.217. The Morgan fingerprint density at radius 1 is 1.57 bits per heavy atom. The first-order chi connectivity index (χ1) is 6.72. The zero-order chi connectivity index (χ0) is 10.4. The van der Waals surface area contributed by atoms with Gasteiger partial charge in [-0.05, 0) is 19.1 Å². The van der Waals surface area contributed by atoms with Crippen molar-refractivity contribution in [2.45, 2.75) is 13.3 Å². The molecule has 0 unspecified atom stereocenters. The molecule has 1 heterocycles. The zero-order valence-corrected chi connectivity index (χ0v) is 8.41. The first-order valence-electron chi connectivity index (χ1n) is 4.46. The number of anilines is 1. The number of pyridine rings is 1. The normalized spacial score (nSPS) is 9.57. The summed E-state index contributed by atoms with van der Waals surface area (Å²) in [4.78, 5) is 15.0. The molecule has 0 saturated carbocycles. The van der Waals surface area contributed by atoms with E-state index in [1.807, 2.05) is 25.1 Å². The van der Waals surface area contributed by atoms with Gasteiger partial charge in [-0.25, -0.2) is 4.98 Å². The summed E-state index contributed by atoms with van der Waals surface area (Å²) in [6, 6.07) is 5.71. The molecule has 1 aromatic rings. The van der Waals surface area contributed by atoms with Crippen LogP contribution in [0.5, 0.6) is 0 Å². The molecular weight excluding hydrogens is 180 g/mol. The van der Waals surface area contributed by atoms with Crippen LogP contribution in [0.25, 0.3) is 0 Å². The largest absolute Gasteiger partial charge is 0.469 e. The SMILES string of the molecule is COC(=O)CCNc1cccc(C)n1. The van der Waals surface area contributed by atoms with Crippen molar-refractivity contribution in [3.05, 3.63) is 23.9 Å². The van der Waals surface area contributed by atoms with Crippen LogP contribution in [0.3, 0.4) is 0 Å². The van der Waals surface area contributed by atoms with Crippen LogP contribution in [0.4, 0.5) is 5.82 Å². The third-order valence-corrected chi connectivity index (χ3v) is 1.75. The van der Waals surface area contributed by atoms with E-state index in [1.54, 1.807) is 0 Å². The molecule has 0 aliphatic carbocycles. The van der Waals surface area contributed by atoms with Crippen molar-refractivity contribution in [3.8, 4) is 0 Å². The number of hydrogen-bond acceptors (Lipinski definition) is 4. The maximum Gasteiger partial charge on any atom is 0.307 e. The predicted molar refractivity (Wildman–Crippen MR) is 54.1 cm³/mol. The van der Waals surface area contributed by atoms with Gasteiger partial charge in [-0.15, -0.1) is 0 Å². The van der Waals surface area contributed by atoms with Crippen molar-refractivity contribution in [1.82, 2.24) is 4.98 Å². The van der Waals surface area contributed by atoms with Crippen LogP contribution in [-0.4, -0.2) is 24.6 Å². The van der Waals surface area contributed by atoms with Gasteiger partial charge < -0.3 is 10.1 Å². The third-order valence-electron chi connectivity index (χ3n) is 1.75. The molecule has 1 N–H and O–H groups in total. The van der Waals surface area contributed by atoms with Gasteiger partial charge in [0.05, 0.1) is 13.5 Å². The van der Waals surface area contributed by atoms with Crippen molar-refractivity contribution in [2.75, 3.05) is 19.0 Å². The van der Waals surface area contributed by atoms with Gasteiger partial charge in [0.1, 0.15) is 5.82 Å². The number of esters is 1. The summed E-state index contributed by atoms with van der Waals surface area (Å²) in [7, 11) is 1.38. The van der Waals surface area contributed by atoms with Gasteiger partial charge in [0.25, 0.3) is 0 Å². The number of nitrogens with zero attached hydrogens (tertiary/aromatic N) is 1. The molecule has 0 bridgehead atoms. The Hall–Kier alpha value is -1.58. The number of methoxy groups -OCH3 is 1. The highest BCUT2D eigenvalue weighted by Gasteiger charge is 1.99. The lowest BCUT2D eigenvalue weighted by atomic mass is 10.3. The molecule has 1 rings (SSSR count). The maximum absolute atomic E-state index is 10.8. The second-order valence-corrected chi connectivity index (χ2v) is 2.92. The lowest BCUT2D eigenvalue weighted by Crippen LogP contribution is -2.10. The molecule has 76 valence electrons. The zero-order valence-electron chi connectivity index (χ0n) is 8.41. The fourth-order valence-corrected chi connectivity index (χ4v) is 1.04. The van der Waals surface area contributed by atoms with Crippen molar-refractivity contribution in [1.29, 1.82) is 0 Å². The Kier molecular flexibility index (Phi) is 3.91. The summed E-state index contributed by atoms with van der Waals surface area (Å²) in [5.41, 5.74) is 0.952. The van der Waals surface area contributed by atoms with Crippen LogP contribution >= 0.6 is 0 Å². The summed E-state index contributed by atoms with van der Waals surface area (Å²) in [5.74, 6) is 0.569. The van der Waals surface area contributed by atoms with E-state index in [2.05, 4.69) is 15.0 Å². The van der Waals surface area contributed by atoms with Crippen LogP contribution in [0.1, 0.15) is 12.1 Å². The molecule has 0 fully saturated rings. The van der Waals surface area contributed by atoms with Crippen LogP contribution < -0.4 is 5.32 Å². The smallest absolute Gasteiger partial charge is 0.307 e. The highest BCUT2D eigenvalue weighted by molar-refractivity contribution is 5.69. The van der Waals surface area contributed by atoms with E-state index in [0.717, 1.165) is 11.5 Å². The quantitative estimate of drug-likeness (QED) is 0.735.